The van der Waals surface area contributed by atoms with Crippen molar-refractivity contribution >= 4 is 5.97 Å². The maximum Gasteiger partial charge on any atom is 0.312 e. The summed E-state index contributed by atoms with van der Waals surface area (Å²) in [4.78, 5) is 10.7. The molecule has 0 heterocycles. The minimum Gasteiger partial charge on any atom is -0.481 e. The van der Waals surface area contributed by atoms with Crippen LogP contribution in [0.2, 0.25) is 0 Å². The molecule has 2 nitrogen and oxygen atoms in total. The van der Waals surface area contributed by atoms with Crippen molar-refractivity contribution in [1.82, 2.24) is 0 Å². The number of carbonyl (C=O) groups is 1. The van der Waals surface area contributed by atoms with Crippen LogP contribution in [0.5, 0.6) is 0 Å². The summed E-state index contributed by atoms with van der Waals surface area (Å²) in [6, 6.07) is 0. The molecule has 0 aromatic carbocycles. The highest BCUT2D eigenvalue weighted by Crippen LogP contribution is 2.17. The molecular weight excluding hydrogens is 152 g/mol. The molecule has 0 radical (unpaired) electrons. The molecule has 0 aliphatic rings. The lowest BCUT2D eigenvalue weighted by molar-refractivity contribution is -0.144. The third kappa shape index (κ3) is 3.37. The first kappa shape index (κ1) is 11.0. The van der Waals surface area contributed by atoms with E-state index in [4.69, 9.17) is 5.11 Å². The number of hydrogen-bond acceptors (Lipinski definition) is 1. The van der Waals surface area contributed by atoms with Gasteiger partial charge in [0, 0.05) is 0 Å². The molecule has 0 atom stereocenters. The Morgan fingerprint density at radius 1 is 1.42 bits per heavy atom. The molecule has 0 aliphatic heterocycles. The van der Waals surface area contributed by atoms with Crippen LogP contribution in [0.1, 0.15) is 27.7 Å². The fourth-order valence-electron chi connectivity index (χ4n) is 0.507. The van der Waals surface area contributed by atoms with E-state index >= 15 is 0 Å². The quantitative estimate of drug-likeness (QED) is 0.658. The minimum absolute atomic E-state index is 0.774. The standard InChI is InChI=1S/C10H16O2/c1-5-8(2)6-7-10(3,4)9(11)12/h5-7H,1-4H3,(H,11,12). The number of hydrogen-bond donors (Lipinski definition) is 1. The van der Waals surface area contributed by atoms with Crippen molar-refractivity contribution in [2.45, 2.75) is 27.7 Å². The summed E-state index contributed by atoms with van der Waals surface area (Å²) in [7, 11) is 0. The van der Waals surface area contributed by atoms with Gasteiger partial charge in [0.05, 0.1) is 5.41 Å². The summed E-state index contributed by atoms with van der Waals surface area (Å²) in [5.41, 5.74) is 0.300. The average Bonchev–Trinajstić information content (AvgIpc) is 2.00. The van der Waals surface area contributed by atoms with Crippen molar-refractivity contribution in [3.05, 3.63) is 23.8 Å². The van der Waals surface area contributed by atoms with Crippen molar-refractivity contribution < 1.29 is 9.90 Å². The van der Waals surface area contributed by atoms with Gasteiger partial charge in [-0.2, -0.15) is 0 Å². The second-order valence-corrected chi connectivity index (χ2v) is 3.39. The Hall–Kier alpha value is -1.05. The molecule has 0 rings (SSSR count). The van der Waals surface area contributed by atoms with Gasteiger partial charge in [0.15, 0.2) is 0 Å². The second-order valence-electron chi connectivity index (χ2n) is 3.39. The summed E-state index contributed by atoms with van der Waals surface area (Å²) in [6.45, 7) is 7.21. The third-order valence-electron chi connectivity index (χ3n) is 1.77. The van der Waals surface area contributed by atoms with Crippen molar-refractivity contribution in [2.24, 2.45) is 5.41 Å². The van der Waals surface area contributed by atoms with Crippen LogP contribution < -0.4 is 0 Å². The van der Waals surface area contributed by atoms with Crippen molar-refractivity contribution in [2.75, 3.05) is 0 Å². The summed E-state index contributed by atoms with van der Waals surface area (Å²) in [6.07, 6.45) is 5.47. The predicted molar refractivity (Wildman–Crippen MR) is 50.0 cm³/mol. The van der Waals surface area contributed by atoms with Crippen LogP contribution in [-0.2, 0) is 4.79 Å². The first-order chi connectivity index (χ1) is 5.40. The Morgan fingerprint density at radius 2 is 1.92 bits per heavy atom. The van der Waals surface area contributed by atoms with Crippen LogP contribution in [0, 0.1) is 5.41 Å². The molecule has 1 N–H and O–H groups in total. The lowest BCUT2D eigenvalue weighted by Crippen LogP contribution is -2.20. The number of carboxylic acid groups (broad SMARTS) is 1. The van der Waals surface area contributed by atoms with Gasteiger partial charge in [-0.25, -0.2) is 0 Å². The monoisotopic (exact) mass is 168 g/mol. The zero-order valence-corrected chi connectivity index (χ0v) is 8.09. The highest BCUT2D eigenvalue weighted by atomic mass is 16.4. The maximum absolute atomic E-state index is 10.7. The molecule has 0 aliphatic carbocycles. The van der Waals surface area contributed by atoms with E-state index in [0.717, 1.165) is 5.57 Å². The molecule has 0 aromatic heterocycles. The lowest BCUT2D eigenvalue weighted by Gasteiger charge is -2.12. The van der Waals surface area contributed by atoms with Gasteiger partial charge in [0.1, 0.15) is 0 Å². The van der Waals surface area contributed by atoms with Gasteiger partial charge in [-0.15, -0.1) is 0 Å². The summed E-state index contributed by atoms with van der Waals surface area (Å²) in [5.74, 6) is -0.803. The Bertz CT molecular complexity index is 222. The molecule has 0 aromatic rings. The van der Waals surface area contributed by atoms with Crippen LogP contribution in [-0.4, -0.2) is 11.1 Å². The second kappa shape index (κ2) is 4.10. The first-order valence-corrected chi connectivity index (χ1v) is 3.95. The van der Waals surface area contributed by atoms with Crippen LogP contribution in [0.3, 0.4) is 0 Å². The predicted octanol–water partition coefficient (Wildman–Crippen LogP) is 2.62. The van der Waals surface area contributed by atoms with Crippen molar-refractivity contribution in [3.8, 4) is 0 Å². The number of rotatable bonds is 3. The molecule has 0 saturated heterocycles. The van der Waals surface area contributed by atoms with Crippen LogP contribution in [0.15, 0.2) is 23.8 Å². The van der Waals surface area contributed by atoms with E-state index in [2.05, 4.69) is 0 Å². The first-order valence-electron chi connectivity index (χ1n) is 3.95. The van der Waals surface area contributed by atoms with Gasteiger partial charge in [-0.3, -0.25) is 4.79 Å². The molecular formula is C10H16O2. The number of carboxylic acids is 1. The van der Waals surface area contributed by atoms with Gasteiger partial charge in [0.2, 0.25) is 0 Å². The van der Waals surface area contributed by atoms with E-state index < -0.39 is 11.4 Å². The fourth-order valence-corrected chi connectivity index (χ4v) is 0.507. The van der Waals surface area contributed by atoms with E-state index in [1.807, 2.05) is 26.0 Å². The lowest BCUT2D eigenvalue weighted by atomic mass is 9.93. The largest absolute Gasteiger partial charge is 0.481 e. The van der Waals surface area contributed by atoms with Crippen LogP contribution in [0.4, 0.5) is 0 Å². The molecule has 12 heavy (non-hydrogen) atoms. The zero-order chi connectivity index (χ0) is 9.78. The summed E-state index contributed by atoms with van der Waals surface area (Å²) in [5, 5.41) is 8.76. The third-order valence-corrected chi connectivity index (χ3v) is 1.77. The average molecular weight is 168 g/mol. The van der Waals surface area contributed by atoms with E-state index in [1.165, 1.54) is 0 Å². The topological polar surface area (TPSA) is 37.3 Å². The molecule has 0 bridgehead atoms. The number of allylic oxidation sites excluding steroid dienone is 3. The Labute approximate surface area is 73.6 Å². The molecule has 0 unspecified atom stereocenters. The van der Waals surface area contributed by atoms with E-state index in [0.29, 0.717) is 0 Å². The maximum atomic E-state index is 10.7. The van der Waals surface area contributed by atoms with Gasteiger partial charge < -0.3 is 5.11 Å². The van der Waals surface area contributed by atoms with Gasteiger partial charge in [-0.1, -0.05) is 23.8 Å². The smallest absolute Gasteiger partial charge is 0.312 e. The molecule has 68 valence electrons. The van der Waals surface area contributed by atoms with Crippen LogP contribution >= 0.6 is 0 Å². The van der Waals surface area contributed by atoms with E-state index in [-0.39, 0.29) is 0 Å². The normalized spacial score (nSPS) is 13.8. The molecule has 0 fully saturated rings. The van der Waals surface area contributed by atoms with Crippen molar-refractivity contribution in [3.63, 3.8) is 0 Å². The van der Waals surface area contributed by atoms with Gasteiger partial charge in [-0.05, 0) is 27.7 Å². The summed E-state index contributed by atoms with van der Waals surface area (Å²) >= 11 is 0. The SMILES string of the molecule is CC=C(C)C=CC(C)(C)C(=O)O. The molecule has 2 heteroatoms. The minimum atomic E-state index is -0.803. The van der Waals surface area contributed by atoms with Crippen molar-refractivity contribution in [1.29, 1.82) is 0 Å². The molecule has 0 amide bonds. The van der Waals surface area contributed by atoms with Gasteiger partial charge >= 0.3 is 5.97 Å². The van der Waals surface area contributed by atoms with Crippen LogP contribution in [0.25, 0.3) is 0 Å². The van der Waals surface area contributed by atoms with E-state index in [9.17, 15) is 4.79 Å². The van der Waals surface area contributed by atoms with Gasteiger partial charge in [0.25, 0.3) is 0 Å². The zero-order valence-electron chi connectivity index (χ0n) is 8.09. The highest BCUT2D eigenvalue weighted by Gasteiger charge is 2.22. The Balaban J connectivity index is 4.44. The summed E-state index contributed by atoms with van der Waals surface area (Å²) < 4.78 is 0. The highest BCUT2D eigenvalue weighted by molar-refractivity contribution is 5.76. The Morgan fingerprint density at radius 3 is 2.25 bits per heavy atom. The Kier molecular flexibility index (Phi) is 3.74. The number of aliphatic carboxylic acids is 1. The molecule has 0 spiro atoms. The molecule has 0 saturated carbocycles. The fraction of sp³-hybridized carbons (Fsp3) is 0.500. The van der Waals surface area contributed by atoms with E-state index in [1.54, 1.807) is 19.9 Å².